The summed E-state index contributed by atoms with van der Waals surface area (Å²) >= 11 is 1.69. The summed E-state index contributed by atoms with van der Waals surface area (Å²) in [5.74, 6) is -0.163. The number of hydrogen-bond donors (Lipinski definition) is 1. The predicted octanol–water partition coefficient (Wildman–Crippen LogP) is 3.00. The Labute approximate surface area is 98.7 Å². The number of nitrogens with two attached hydrogens (primary N) is 1. The van der Waals surface area contributed by atoms with Gasteiger partial charge in [-0.2, -0.15) is 0 Å². The van der Waals surface area contributed by atoms with Crippen molar-refractivity contribution in [3.05, 3.63) is 58.0 Å². The van der Waals surface area contributed by atoms with E-state index in [-0.39, 0.29) is 11.9 Å². The van der Waals surface area contributed by atoms with E-state index in [4.69, 9.17) is 5.73 Å². The molecule has 1 aromatic heterocycles. The molecule has 1 heterocycles. The van der Waals surface area contributed by atoms with E-state index in [1.54, 1.807) is 23.5 Å². The maximum Gasteiger partial charge on any atom is 0.126 e. The van der Waals surface area contributed by atoms with Crippen LogP contribution in [0.3, 0.4) is 0 Å². The summed E-state index contributed by atoms with van der Waals surface area (Å²) in [5, 5.41) is 2.03. The third-order valence-electron chi connectivity index (χ3n) is 2.48. The van der Waals surface area contributed by atoms with Gasteiger partial charge in [-0.3, -0.25) is 0 Å². The van der Waals surface area contributed by atoms with Crippen molar-refractivity contribution < 1.29 is 4.39 Å². The lowest BCUT2D eigenvalue weighted by molar-refractivity contribution is 0.585. The molecule has 1 nitrogen and oxygen atoms in total. The van der Waals surface area contributed by atoms with Gasteiger partial charge in [-0.25, -0.2) is 4.39 Å². The SMILES string of the molecule is NC(Cc1cccs1)Cc1ccccc1F. The van der Waals surface area contributed by atoms with Crippen LogP contribution in [0.1, 0.15) is 10.4 Å². The molecule has 0 saturated heterocycles. The smallest absolute Gasteiger partial charge is 0.126 e. The molecule has 1 unspecified atom stereocenters. The van der Waals surface area contributed by atoms with Crippen LogP contribution in [0.15, 0.2) is 41.8 Å². The molecule has 0 amide bonds. The van der Waals surface area contributed by atoms with E-state index in [1.165, 1.54) is 10.9 Å². The Morgan fingerprint density at radius 2 is 1.94 bits per heavy atom. The van der Waals surface area contributed by atoms with E-state index in [0.29, 0.717) is 12.0 Å². The van der Waals surface area contributed by atoms with E-state index >= 15 is 0 Å². The Hall–Kier alpha value is -1.19. The van der Waals surface area contributed by atoms with Gasteiger partial charge in [0, 0.05) is 10.9 Å². The van der Waals surface area contributed by atoms with Gasteiger partial charge < -0.3 is 5.73 Å². The van der Waals surface area contributed by atoms with Crippen molar-refractivity contribution in [2.45, 2.75) is 18.9 Å². The Kier molecular flexibility index (Phi) is 3.70. The Morgan fingerprint density at radius 1 is 1.12 bits per heavy atom. The van der Waals surface area contributed by atoms with Crippen LogP contribution in [0.25, 0.3) is 0 Å². The summed E-state index contributed by atoms with van der Waals surface area (Å²) in [4.78, 5) is 1.25. The number of hydrogen-bond acceptors (Lipinski definition) is 2. The van der Waals surface area contributed by atoms with Crippen LogP contribution >= 0.6 is 11.3 Å². The largest absolute Gasteiger partial charge is 0.327 e. The van der Waals surface area contributed by atoms with Crippen molar-refractivity contribution >= 4 is 11.3 Å². The lowest BCUT2D eigenvalue weighted by Gasteiger charge is -2.10. The highest BCUT2D eigenvalue weighted by molar-refractivity contribution is 7.09. The molecule has 1 aromatic carbocycles. The van der Waals surface area contributed by atoms with Gasteiger partial charge in [0.15, 0.2) is 0 Å². The Morgan fingerprint density at radius 3 is 2.62 bits per heavy atom. The minimum atomic E-state index is -0.163. The average Bonchev–Trinajstić information content (AvgIpc) is 2.74. The summed E-state index contributed by atoms with van der Waals surface area (Å²) < 4.78 is 13.4. The minimum Gasteiger partial charge on any atom is -0.327 e. The van der Waals surface area contributed by atoms with Crippen molar-refractivity contribution in [2.24, 2.45) is 5.73 Å². The van der Waals surface area contributed by atoms with E-state index < -0.39 is 0 Å². The monoisotopic (exact) mass is 235 g/mol. The van der Waals surface area contributed by atoms with Crippen molar-refractivity contribution in [2.75, 3.05) is 0 Å². The second kappa shape index (κ2) is 5.23. The predicted molar refractivity (Wildman–Crippen MR) is 66.1 cm³/mol. The molecular weight excluding hydrogens is 221 g/mol. The first-order chi connectivity index (χ1) is 7.75. The zero-order chi connectivity index (χ0) is 11.4. The van der Waals surface area contributed by atoms with Crippen molar-refractivity contribution in [3.63, 3.8) is 0 Å². The normalized spacial score (nSPS) is 12.6. The van der Waals surface area contributed by atoms with Crippen LogP contribution in [0, 0.1) is 5.82 Å². The van der Waals surface area contributed by atoms with Crippen LogP contribution in [0.2, 0.25) is 0 Å². The second-order valence-corrected chi connectivity index (χ2v) is 4.87. The Balaban J connectivity index is 1.97. The van der Waals surface area contributed by atoms with Gasteiger partial charge in [0.05, 0.1) is 0 Å². The Bertz CT molecular complexity index is 439. The third-order valence-corrected chi connectivity index (χ3v) is 3.38. The molecule has 0 aliphatic carbocycles. The molecule has 0 saturated carbocycles. The molecule has 0 fully saturated rings. The molecule has 0 spiro atoms. The number of halogens is 1. The van der Waals surface area contributed by atoms with Crippen molar-refractivity contribution in [1.29, 1.82) is 0 Å². The lowest BCUT2D eigenvalue weighted by atomic mass is 10.0. The topological polar surface area (TPSA) is 26.0 Å². The van der Waals surface area contributed by atoms with Gasteiger partial charge in [0.1, 0.15) is 5.82 Å². The highest BCUT2D eigenvalue weighted by atomic mass is 32.1. The van der Waals surface area contributed by atoms with Crippen LogP contribution in [-0.4, -0.2) is 6.04 Å². The fourth-order valence-electron chi connectivity index (χ4n) is 1.71. The van der Waals surface area contributed by atoms with Crippen molar-refractivity contribution in [1.82, 2.24) is 0 Å². The molecule has 1 atom stereocenters. The highest BCUT2D eigenvalue weighted by Gasteiger charge is 2.08. The molecule has 16 heavy (non-hydrogen) atoms. The molecule has 2 aromatic rings. The molecular formula is C13H14FNS. The second-order valence-electron chi connectivity index (χ2n) is 3.84. The van der Waals surface area contributed by atoms with Crippen LogP contribution in [0.4, 0.5) is 4.39 Å². The molecule has 2 rings (SSSR count). The summed E-state index contributed by atoms with van der Waals surface area (Å²) in [6, 6.07) is 10.9. The van der Waals surface area contributed by atoms with Gasteiger partial charge in [-0.1, -0.05) is 24.3 Å². The fraction of sp³-hybridized carbons (Fsp3) is 0.231. The van der Waals surface area contributed by atoms with Gasteiger partial charge >= 0.3 is 0 Å². The first-order valence-electron chi connectivity index (χ1n) is 5.27. The zero-order valence-electron chi connectivity index (χ0n) is 8.90. The minimum absolute atomic E-state index is 0.0180. The van der Waals surface area contributed by atoms with E-state index in [9.17, 15) is 4.39 Å². The molecule has 0 aliphatic heterocycles. The molecule has 0 aliphatic rings. The number of rotatable bonds is 4. The van der Waals surface area contributed by atoms with Crippen LogP contribution < -0.4 is 5.73 Å². The molecule has 3 heteroatoms. The first-order valence-corrected chi connectivity index (χ1v) is 6.15. The molecule has 0 bridgehead atoms. The van der Waals surface area contributed by atoms with Crippen LogP contribution in [-0.2, 0) is 12.8 Å². The maximum atomic E-state index is 13.4. The quantitative estimate of drug-likeness (QED) is 0.866. The number of benzene rings is 1. The summed E-state index contributed by atoms with van der Waals surface area (Å²) in [7, 11) is 0. The summed E-state index contributed by atoms with van der Waals surface area (Å²) in [6.45, 7) is 0. The standard InChI is InChI=1S/C13H14FNS/c14-13-6-2-1-4-10(13)8-11(15)9-12-5-3-7-16-12/h1-7,11H,8-9,15H2. The van der Waals surface area contributed by atoms with Crippen molar-refractivity contribution in [3.8, 4) is 0 Å². The van der Waals surface area contributed by atoms with Gasteiger partial charge in [-0.05, 0) is 35.9 Å². The summed E-state index contributed by atoms with van der Waals surface area (Å²) in [6.07, 6.45) is 1.40. The van der Waals surface area contributed by atoms with E-state index in [1.807, 2.05) is 17.5 Å². The first kappa shape index (κ1) is 11.3. The zero-order valence-corrected chi connectivity index (χ0v) is 9.71. The van der Waals surface area contributed by atoms with Gasteiger partial charge in [0.2, 0.25) is 0 Å². The molecule has 2 N–H and O–H groups in total. The van der Waals surface area contributed by atoms with E-state index in [2.05, 4.69) is 6.07 Å². The fourth-order valence-corrected chi connectivity index (χ4v) is 2.51. The molecule has 0 radical (unpaired) electrons. The van der Waals surface area contributed by atoms with Gasteiger partial charge in [0.25, 0.3) is 0 Å². The van der Waals surface area contributed by atoms with Crippen LogP contribution in [0.5, 0.6) is 0 Å². The lowest BCUT2D eigenvalue weighted by Crippen LogP contribution is -2.25. The summed E-state index contributed by atoms with van der Waals surface area (Å²) in [5.41, 5.74) is 6.71. The van der Waals surface area contributed by atoms with E-state index in [0.717, 1.165) is 6.42 Å². The third kappa shape index (κ3) is 2.90. The number of thiophene rings is 1. The highest BCUT2D eigenvalue weighted by Crippen LogP contribution is 2.14. The van der Waals surface area contributed by atoms with Gasteiger partial charge in [-0.15, -0.1) is 11.3 Å². The molecule has 84 valence electrons. The average molecular weight is 235 g/mol. The maximum absolute atomic E-state index is 13.4.